The quantitative estimate of drug-likeness (QED) is 0.0518. The fourth-order valence-electron chi connectivity index (χ4n) is 10.6. The Morgan fingerprint density at radius 3 is 1.45 bits per heavy atom. The molecule has 0 bridgehead atoms. The molecule has 0 amide bonds. The Balaban J connectivity index is 0.000000119. The highest BCUT2D eigenvalue weighted by Gasteiger charge is 2.32. The summed E-state index contributed by atoms with van der Waals surface area (Å²) in [5, 5.41) is 42.1. The van der Waals surface area contributed by atoms with Crippen molar-refractivity contribution in [3.05, 3.63) is 181 Å². The van der Waals surface area contributed by atoms with Crippen LogP contribution in [0.15, 0.2) is 137 Å². The highest BCUT2D eigenvalue weighted by atomic mass is 35.5. The van der Waals surface area contributed by atoms with Crippen LogP contribution in [-0.2, 0) is 0 Å². The molecule has 26 heteroatoms. The second-order valence-corrected chi connectivity index (χ2v) is 22.0. The van der Waals surface area contributed by atoms with E-state index in [1.54, 1.807) is 31.0 Å². The number of H-pyrrole nitrogens is 4. The first-order valence-electron chi connectivity index (χ1n) is 27.5. The number of pyridine rings is 3. The maximum atomic E-state index is 13.7. The van der Waals surface area contributed by atoms with E-state index in [0.29, 0.717) is 55.3 Å². The van der Waals surface area contributed by atoms with E-state index >= 15 is 0 Å². The fourth-order valence-corrected chi connectivity index (χ4v) is 11.1. The number of hydrogen-bond donors (Lipinski definition) is 9. The lowest BCUT2D eigenvalue weighted by molar-refractivity contribution is 0.426. The van der Waals surface area contributed by atoms with Crippen LogP contribution in [0, 0.1) is 0 Å². The van der Waals surface area contributed by atoms with Crippen LogP contribution in [0.25, 0.3) is 65.8 Å². The molecule has 3 aliphatic carbocycles. The molecule has 12 aromatic rings. The standard InChI is InChI=1S/C22H20N8O.C19H17ClN6O.C14H15ClN2O.C3H5BN2O2/c1-12(29-21-19-20(24-10-23-19)25-11-26-21)17-7-13-3-2-4-16(14-8-27-28-9-14)18(13)22(31)30(17)15-5-6-15;1-10(25-18-16-17(22-8-21-16)23-9-24-18)14-7-11-3-2-4-13(20)15(11)19(27)26(14)12-5-6-12;1-8(16)12-7-9-3-2-4-11(15)13(9)14(18)17(12)10-5-6-10;7-4(8)3-1-5-6-2-3/h2-4,7-12,15H,5-6H2,1H3,(H,27,28)(H2,23,24,25,26,29);2-4,7-10,12H,5-6H2,1H3,(H2,21,22,23,24,25);2-4,7-8,10H,5-6,16H2,1H3;1-2,7-8H,(H,5,6)/t12-;10-;8-;/m000./s1. The number of hydrogen-bond acceptors (Lipinski definition) is 16. The number of rotatable bonds is 12. The number of nitrogens with one attached hydrogen (secondary N) is 6. The van der Waals surface area contributed by atoms with Gasteiger partial charge in [0.15, 0.2) is 22.9 Å². The molecule has 3 aliphatic rings. The van der Waals surface area contributed by atoms with Crippen LogP contribution in [0.4, 0.5) is 11.6 Å². The average Bonchev–Trinajstić information content (AvgIpc) is 2.67. The summed E-state index contributed by atoms with van der Waals surface area (Å²) >= 11 is 12.5. The fraction of sp³-hybridized carbons (Fsp3) is 0.259. The number of imidazole rings is 2. The van der Waals surface area contributed by atoms with Crippen molar-refractivity contribution < 1.29 is 10.0 Å². The zero-order valence-corrected chi connectivity index (χ0v) is 47.2. The molecule has 9 aromatic heterocycles. The van der Waals surface area contributed by atoms with E-state index in [0.717, 1.165) is 99.3 Å². The van der Waals surface area contributed by atoms with Crippen molar-refractivity contribution >= 4 is 102 Å². The number of fused-ring (bicyclic) bond motifs is 5. The van der Waals surface area contributed by atoms with Crippen molar-refractivity contribution in [2.24, 2.45) is 5.73 Å². The molecule has 3 saturated carbocycles. The summed E-state index contributed by atoms with van der Waals surface area (Å²) in [6.07, 6.45) is 18.6. The molecule has 15 rings (SSSR count). The Kier molecular flexibility index (Phi) is 15.4. The topological polar surface area (TPSA) is 323 Å². The van der Waals surface area contributed by atoms with Crippen LogP contribution < -0.4 is 38.5 Å². The van der Waals surface area contributed by atoms with E-state index in [1.165, 1.54) is 25.0 Å². The third kappa shape index (κ3) is 11.2. The van der Waals surface area contributed by atoms with E-state index in [1.807, 2.05) is 95.3 Å². The highest BCUT2D eigenvalue weighted by molar-refractivity contribution is 6.58. The summed E-state index contributed by atoms with van der Waals surface area (Å²) in [5.41, 5.74) is 13.6. The largest absolute Gasteiger partial charge is 0.491 e. The van der Waals surface area contributed by atoms with Gasteiger partial charge in [0.05, 0.1) is 57.1 Å². The van der Waals surface area contributed by atoms with Crippen LogP contribution in [0.2, 0.25) is 10.0 Å². The van der Waals surface area contributed by atoms with Crippen molar-refractivity contribution in [2.45, 2.75) is 95.5 Å². The molecule has 0 saturated heterocycles. The summed E-state index contributed by atoms with van der Waals surface area (Å²) in [6.45, 7) is 5.97. The molecule has 0 radical (unpaired) electrons. The van der Waals surface area contributed by atoms with Gasteiger partial charge in [-0.3, -0.25) is 24.6 Å². The number of aromatic nitrogens is 15. The number of halogens is 2. The normalized spacial score (nSPS) is 15.0. The van der Waals surface area contributed by atoms with Crippen molar-refractivity contribution in [1.29, 1.82) is 0 Å². The van der Waals surface area contributed by atoms with Gasteiger partial charge in [-0.1, -0.05) is 65.7 Å². The molecule has 426 valence electrons. The maximum Gasteiger partial charge on any atom is 0.491 e. The maximum absolute atomic E-state index is 13.7. The molecular formula is C58H57BCl2N18O5. The van der Waals surface area contributed by atoms with Crippen LogP contribution in [0.1, 0.15) is 113 Å². The van der Waals surface area contributed by atoms with Gasteiger partial charge in [0.1, 0.15) is 23.7 Å². The van der Waals surface area contributed by atoms with Crippen LogP contribution in [0.5, 0.6) is 0 Å². The minimum Gasteiger partial charge on any atom is -0.423 e. The van der Waals surface area contributed by atoms with Gasteiger partial charge in [0.2, 0.25) is 0 Å². The second-order valence-electron chi connectivity index (χ2n) is 21.2. The first-order chi connectivity index (χ1) is 40.7. The predicted octanol–water partition coefficient (Wildman–Crippen LogP) is 8.49. The second kappa shape index (κ2) is 23.3. The Hall–Kier alpha value is -9.07. The van der Waals surface area contributed by atoms with Gasteiger partial charge in [-0.25, -0.2) is 29.9 Å². The van der Waals surface area contributed by atoms with Gasteiger partial charge in [-0.2, -0.15) is 10.2 Å². The molecule has 9 heterocycles. The molecule has 0 spiro atoms. The summed E-state index contributed by atoms with van der Waals surface area (Å²) in [6, 6.07) is 23.5. The van der Waals surface area contributed by atoms with Crippen molar-refractivity contribution in [3.63, 3.8) is 0 Å². The van der Waals surface area contributed by atoms with E-state index in [-0.39, 0.29) is 46.9 Å². The van der Waals surface area contributed by atoms with Crippen LogP contribution in [0.3, 0.4) is 0 Å². The summed E-state index contributed by atoms with van der Waals surface area (Å²) < 4.78 is 5.67. The van der Waals surface area contributed by atoms with E-state index in [9.17, 15) is 14.4 Å². The summed E-state index contributed by atoms with van der Waals surface area (Å²) in [7, 11) is -1.41. The predicted molar refractivity (Wildman–Crippen MR) is 325 cm³/mol. The van der Waals surface area contributed by atoms with E-state index in [4.69, 9.17) is 39.0 Å². The molecule has 0 unspecified atom stereocenters. The third-order valence-electron chi connectivity index (χ3n) is 15.1. The molecule has 0 aliphatic heterocycles. The van der Waals surface area contributed by atoms with Crippen molar-refractivity contribution in [3.8, 4) is 11.1 Å². The number of anilines is 2. The van der Waals surface area contributed by atoms with E-state index < -0.39 is 7.12 Å². The smallest absolute Gasteiger partial charge is 0.423 e. The molecule has 84 heavy (non-hydrogen) atoms. The Morgan fingerprint density at radius 1 is 0.583 bits per heavy atom. The van der Waals surface area contributed by atoms with Gasteiger partial charge < -0.3 is 50.1 Å². The zero-order valence-electron chi connectivity index (χ0n) is 45.7. The Labute approximate surface area is 487 Å². The zero-order chi connectivity index (χ0) is 58.3. The molecular weight excluding hydrogens is 1110 g/mol. The minimum atomic E-state index is -1.41. The first-order valence-corrected chi connectivity index (χ1v) is 28.3. The van der Waals surface area contributed by atoms with Crippen LogP contribution in [-0.4, -0.2) is 91.1 Å². The monoisotopic (exact) mass is 1170 g/mol. The lowest BCUT2D eigenvalue weighted by Crippen LogP contribution is -2.28. The average molecular weight is 1170 g/mol. The molecule has 3 fully saturated rings. The Morgan fingerprint density at radius 2 is 1.02 bits per heavy atom. The number of nitrogens with two attached hydrogens (primary N) is 1. The number of nitrogens with zero attached hydrogens (tertiary/aromatic N) is 11. The lowest BCUT2D eigenvalue weighted by atomic mass is 9.83. The number of benzene rings is 3. The number of aromatic amines is 4. The minimum absolute atomic E-state index is 0.00657. The molecule has 23 nitrogen and oxygen atoms in total. The van der Waals surface area contributed by atoms with Gasteiger partial charge in [0.25, 0.3) is 16.7 Å². The first kappa shape index (κ1) is 55.5. The molecule has 10 N–H and O–H groups in total. The van der Waals surface area contributed by atoms with Gasteiger partial charge in [0, 0.05) is 70.9 Å². The van der Waals surface area contributed by atoms with E-state index in [2.05, 4.69) is 77.0 Å². The molecule has 3 aromatic carbocycles. The van der Waals surface area contributed by atoms with Crippen molar-refractivity contribution in [1.82, 2.24) is 74.0 Å². The third-order valence-corrected chi connectivity index (χ3v) is 15.7. The van der Waals surface area contributed by atoms with Gasteiger partial charge in [-0.05, 0) is 111 Å². The molecule has 3 atom stereocenters. The van der Waals surface area contributed by atoms with Gasteiger partial charge >= 0.3 is 7.12 Å². The highest BCUT2D eigenvalue weighted by Crippen LogP contribution is 2.41. The van der Waals surface area contributed by atoms with Crippen molar-refractivity contribution in [2.75, 3.05) is 10.6 Å². The lowest BCUT2D eigenvalue weighted by Gasteiger charge is -2.21. The SMILES string of the molecule is C[C@H](N)c1cc2cccc(Cl)c2c(=O)n1C1CC1.C[C@H](Nc1ncnc2nc[nH]c12)c1cc2cccc(-c3cn[nH]c3)c2c(=O)n1C1CC1.C[C@H](Nc1ncnc2nc[nH]c12)c1cc2cccc(Cl)c2c(=O)n1C1CC1.OB(O)c1cn[nH]c1. The van der Waals surface area contributed by atoms with Crippen LogP contribution >= 0.6 is 23.2 Å². The summed E-state index contributed by atoms with van der Waals surface area (Å²) in [5.74, 6) is 1.32. The van der Waals surface area contributed by atoms with Gasteiger partial charge in [-0.15, -0.1) is 0 Å². The Bertz CT molecular complexity index is 4550. The summed E-state index contributed by atoms with van der Waals surface area (Å²) in [4.78, 5) is 71.0.